The molecule has 0 radical (unpaired) electrons. The first kappa shape index (κ1) is 24.6. The monoisotopic (exact) mass is 507 g/mol. The second-order valence-electron chi connectivity index (χ2n) is 9.30. The predicted molar refractivity (Wildman–Crippen MR) is 127 cm³/mol. The van der Waals surface area contributed by atoms with E-state index in [1.807, 2.05) is 20.8 Å². The van der Waals surface area contributed by atoms with Crippen LogP contribution in [-0.2, 0) is 21.9 Å². The third kappa shape index (κ3) is 4.97. The summed E-state index contributed by atoms with van der Waals surface area (Å²) in [6.45, 7) is 6.14. The van der Waals surface area contributed by atoms with Crippen LogP contribution >= 0.6 is 0 Å². The van der Waals surface area contributed by atoms with Crippen molar-refractivity contribution in [2.45, 2.75) is 32.6 Å². The van der Waals surface area contributed by atoms with E-state index in [0.29, 0.717) is 42.2 Å². The smallest absolute Gasteiger partial charge is 0.305 e. The van der Waals surface area contributed by atoms with Crippen LogP contribution in [-0.4, -0.2) is 37.0 Å². The number of amides is 2. The summed E-state index contributed by atoms with van der Waals surface area (Å²) in [5.41, 5.74) is 1.70. The number of anilines is 3. The summed E-state index contributed by atoms with van der Waals surface area (Å²) in [6, 6.07) is 6.81. The Morgan fingerprint density at radius 1 is 1.00 bits per heavy atom. The first-order valence-corrected chi connectivity index (χ1v) is 12.5. The van der Waals surface area contributed by atoms with E-state index in [1.54, 1.807) is 24.3 Å². The lowest BCUT2D eigenvalue weighted by molar-refractivity contribution is 0.262. The molecule has 0 fully saturated rings. The molecule has 1 aliphatic rings. The normalized spacial score (nSPS) is 13.6. The number of benzene rings is 2. The molecule has 0 unspecified atom stereocenters. The molecule has 1 aliphatic heterocycles. The molecule has 2 aromatic carbocycles. The van der Waals surface area contributed by atoms with E-state index in [4.69, 9.17) is 0 Å². The largest absolute Gasteiger partial charge is 0.324 e. The maximum absolute atomic E-state index is 14.0. The second-order valence-corrected chi connectivity index (χ2v) is 11.2. The van der Waals surface area contributed by atoms with E-state index in [9.17, 15) is 26.4 Å². The molecular formula is C23H24F3N5O3S. The average Bonchev–Trinajstić information content (AvgIpc) is 3.35. The molecule has 0 spiro atoms. The van der Waals surface area contributed by atoms with Crippen LogP contribution in [0.4, 0.5) is 35.2 Å². The van der Waals surface area contributed by atoms with Gasteiger partial charge in [-0.05, 0) is 30.2 Å². The van der Waals surface area contributed by atoms with Gasteiger partial charge < -0.3 is 5.32 Å². The molecule has 1 aromatic heterocycles. The SMILES string of the molecule is CC(C)(C)c1cc(NC(=O)Nc2cc(F)c(F)cc2F)n(-c2ccc3c(c2)CCN3S(C)(=O)=O)n1. The maximum Gasteiger partial charge on any atom is 0.324 e. The van der Waals surface area contributed by atoms with Gasteiger partial charge in [-0.1, -0.05) is 20.8 Å². The fourth-order valence-corrected chi connectivity index (χ4v) is 4.71. The third-order valence-corrected chi connectivity index (χ3v) is 6.72. The van der Waals surface area contributed by atoms with Crippen molar-refractivity contribution >= 4 is 33.2 Å². The standard InChI is InChI=1S/C23H24F3N5O3S/c1-23(2,3)20-12-21(28-22(32)27-18-11-16(25)15(24)10-17(18)26)31(29-20)14-5-6-19-13(9-14)7-8-30(19)35(4,33)34/h5-6,9-12H,7-8H2,1-4H3,(H2,27,28,32). The van der Waals surface area contributed by atoms with E-state index in [-0.39, 0.29) is 11.2 Å². The molecule has 4 rings (SSSR count). The lowest BCUT2D eigenvalue weighted by Gasteiger charge is -2.17. The number of hydrogen-bond acceptors (Lipinski definition) is 4. The van der Waals surface area contributed by atoms with Crippen LogP contribution in [0.25, 0.3) is 5.69 Å². The zero-order valence-electron chi connectivity index (χ0n) is 19.5. The minimum atomic E-state index is -3.41. The second kappa shape index (κ2) is 8.59. The predicted octanol–water partition coefficient (Wildman–Crippen LogP) is 4.55. The van der Waals surface area contributed by atoms with Crippen molar-refractivity contribution in [2.75, 3.05) is 27.7 Å². The van der Waals surface area contributed by atoms with Gasteiger partial charge >= 0.3 is 6.03 Å². The van der Waals surface area contributed by atoms with Crippen LogP contribution in [0.2, 0.25) is 0 Å². The molecule has 186 valence electrons. The Bertz CT molecular complexity index is 1430. The van der Waals surface area contributed by atoms with Gasteiger partial charge in [0.05, 0.1) is 29.0 Å². The fourth-order valence-electron chi connectivity index (χ4n) is 3.76. The summed E-state index contributed by atoms with van der Waals surface area (Å²) in [6.07, 6.45) is 1.66. The Morgan fingerprint density at radius 2 is 1.69 bits per heavy atom. The van der Waals surface area contributed by atoms with Gasteiger partial charge in [-0.3, -0.25) is 9.62 Å². The zero-order chi connectivity index (χ0) is 25.7. The summed E-state index contributed by atoms with van der Waals surface area (Å²) < 4.78 is 67.5. The molecule has 2 amide bonds. The van der Waals surface area contributed by atoms with Gasteiger partial charge in [-0.15, -0.1) is 0 Å². The Labute approximate surface area is 200 Å². The van der Waals surface area contributed by atoms with Crippen molar-refractivity contribution in [1.29, 1.82) is 0 Å². The van der Waals surface area contributed by atoms with Gasteiger partial charge in [-0.25, -0.2) is 31.1 Å². The van der Waals surface area contributed by atoms with E-state index in [2.05, 4.69) is 15.7 Å². The molecule has 3 aromatic rings. The van der Waals surface area contributed by atoms with Crippen LogP contribution in [0.3, 0.4) is 0 Å². The van der Waals surface area contributed by atoms with Crippen LogP contribution in [0.5, 0.6) is 0 Å². The van der Waals surface area contributed by atoms with Gasteiger partial charge in [-0.2, -0.15) is 5.10 Å². The number of urea groups is 1. The number of nitrogens with zero attached hydrogens (tertiary/aromatic N) is 3. The van der Waals surface area contributed by atoms with Crippen molar-refractivity contribution in [3.8, 4) is 5.69 Å². The Morgan fingerprint density at radius 3 is 2.34 bits per heavy atom. The molecular weight excluding hydrogens is 483 g/mol. The number of carbonyl (C=O) groups excluding carboxylic acids is 1. The number of nitrogens with one attached hydrogen (secondary N) is 2. The highest BCUT2D eigenvalue weighted by Gasteiger charge is 2.27. The highest BCUT2D eigenvalue weighted by Crippen LogP contribution is 2.33. The van der Waals surface area contributed by atoms with Gasteiger partial charge in [0.15, 0.2) is 11.6 Å². The Kier molecular flexibility index (Phi) is 6.04. The Hall–Kier alpha value is -3.54. The molecule has 2 N–H and O–H groups in total. The fraction of sp³-hybridized carbons (Fsp3) is 0.304. The van der Waals surface area contributed by atoms with E-state index >= 15 is 0 Å². The van der Waals surface area contributed by atoms with Crippen molar-refractivity contribution < 1.29 is 26.4 Å². The highest BCUT2D eigenvalue weighted by atomic mass is 32.2. The minimum Gasteiger partial charge on any atom is -0.305 e. The van der Waals surface area contributed by atoms with Crippen molar-refractivity contribution in [2.24, 2.45) is 0 Å². The minimum absolute atomic E-state index is 0.244. The molecule has 0 bridgehead atoms. The molecule has 0 saturated heterocycles. The molecule has 12 heteroatoms. The lowest BCUT2D eigenvalue weighted by atomic mass is 9.92. The summed E-state index contributed by atoms with van der Waals surface area (Å²) >= 11 is 0. The van der Waals surface area contributed by atoms with E-state index in [1.165, 1.54) is 8.99 Å². The van der Waals surface area contributed by atoms with Gasteiger partial charge in [0, 0.05) is 30.2 Å². The summed E-state index contributed by atoms with van der Waals surface area (Å²) in [5.74, 6) is -3.55. The van der Waals surface area contributed by atoms with Crippen LogP contribution < -0.4 is 14.9 Å². The zero-order valence-corrected chi connectivity index (χ0v) is 20.3. The Balaban J connectivity index is 1.67. The lowest BCUT2D eigenvalue weighted by Crippen LogP contribution is -2.27. The number of fused-ring (bicyclic) bond motifs is 1. The number of carbonyl (C=O) groups is 1. The topological polar surface area (TPSA) is 96.3 Å². The number of sulfonamides is 1. The van der Waals surface area contributed by atoms with Crippen LogP contribution in [0.1, 0.15) is 32.0 Å². The summed E-state index contributed by atoms with van der Waals surface area (Å²) in [7, 11) is -3.41. The maximum atomic E-state index is 14.0. The van der Waals surface area contributed by atoms with Crippen LogP contribution in [0.15, 0.2) is 36.4 Å². The molecule has 8 nitrogen and oxygen atoms in total. The number of hydrogen-bond donors (Lipinski definition) is 2. The third-order valence-electron chi connectivity index (χ3n) is 5.54. The number of aromatic nitrogens is 2. The van der Waals surface area contributed by atoms with Crippen molar-refractivity contribution in [3.63, 3.8) is 0 Å². The van der Waals surface area contributed by atoms with Gasteiger partial charge in [0.1, 0.15) is 11.6 Å². The molecule has 0 atom stereocenters. The van der Waals surface area contributed by atoms with Crippen LogP contribution in [0, 0.1) is 17.5 Å². The highest BCUT2D eigenvalue weighted by molar-refractivity contribution is 7.92. The first-order chi connectivity index (χ1) is 16.2. The van der Waals surface area contributed by atoms with Crippen molar-refractivity contribution in [3.05, 3.63) is 65.1 Å². The summed E-state index contributed by atoms with van der Waals surface area (Å²) in [5, 5.41) is 9.35. The first-order valence-electron chi connectivity index (χ1n) is 10.7. The van der Waals surface area contributed by atoms with Gasteiger partial charge in [0.2, 0.25) is 10.0 Å². The molecule has 2 heterocycles. The number of halogens is 3. The van der Waals surface area contributed by atoms with Crippen molar-refractivity contribution in [1.82, 2.24) is 9.78 Å². The summed E-state index contributed by atoms with van der Waals surface area (Å²) in [4.78, 5) is 12.6. The molecule has 0 saturated carbocycles. The van der Waals surface area contributed by atoms with E-state index < -0.39 is 39.2 Å². The molecule has 35 heavy (non-hydrogen) atoms. The van der Waals surface area contributed by atoms with E-state index in [0.717, 1.165) is 11.8 Å². The average molecular weight is 508 g/mol. The number of rotatable bonds is 4. The van der Waals surface area contributed by atoms with Gasteiger partial charge in [0.25, 0.3) is 0 Å². The quantitative estimate of drug-likeness (QED) is 0.507. The molecule has 0 aliphatic carbocycles.